The van der Waals surface area contributed by atoms with E-state index in [-0.39, 0.29) is 18.4 Å². The summed E-state index contributed by atoms with van der Waals surface area (Å²) in [6.45, 7) is 2.95. The van der Waals surface area contributed by atoms with Crippen LogP contribution in [0.1, 0.15) is 26.7 Å². The Labute approximate surface area is 98.0 Å². The zero-order valence-electron chi connectivity index (χ0n) is 9.58. The fourth-order valence-corrected chi connectivity index (χ4v) is 0.647. The smallest absolute Gasteiger partial charge is 0.331 e. The molecule has 7 nitrogen and oxygen atoms in total. The minimum absolute atomic E-state index is 0.171. The minimum Gasteiger partial charge on any atom is -0.481 e. The van der Waals surface area contributed by atoms with Gasteiger partial charge in [0, 0.05) is 5.57 Å². The molecule has 0 rings (SSSR count). The van der Waals surface area contributed by atoms with Crippen LogP contribution in [0.25, 0.3) is 0 Å². The molecule has 98 valence electrons. The molecule has 0 bridgehead atoms. The number of carboxylic acid groups (broad SMARTS) is 3. The molecule has 0 radical (unpaired) electrons. The third-order valence-electron chi connectivity index (χ3n) is 1.38. The van der Waals surface area contributed by atoms with Crippen molar-refractivity contribution in [2.24, 2.45) is 0 Å². The second-order valence-electron chi connectivity index (χ2n) is 3.18. The van der Waals surface area contributed by atoms with Crippen LogP contribution in [0.5, 0.6) is 0 Å². The predicted octanol–water partition coefficient (Wildman–Crippen LogP) is 0.334. The molecule has 0 aliphatic heterocycles. The van der Waals surface area contributed by atoms with Gasteiger partial charge < -0.3 is 20.4 Å². The molecule has 0 spiro atoms. The summed E-state index contributed by atoms with van der Waals surface area (Å²) in [6.07, 6.45) is 0.00796. The van der Waals surface area contributed by atoms with Gasteiger partial charge in [-0.25, -0.2) is 4.79 Å². The normalized spacial score (nSPS) is 12.1. The Balaban J connectivity index is 0. The summed E-state index contributed by atoms with van der Waals surface area (Å²) < 4.78 is 0. The van der Waals surface area contributed by atoms with Crippen molar-refractivity contribution in [1.29, 1.82) is 0 Å². The highest BCUT2D eigenvalue weighted by atomic mass is 16.4. The van der Waals surface area contributed by atoms with Crippen LogP contribution in [0.15, 0.2) is 11.6 Å². The third kappa shape index (κ3) is 16.8. The SMILES string of the molecule is CC(=CC(C)O)C(=O)O.O=C(O)CCC(=O)O. The number of carbonyl (C=O) groups is 3. The molecule has 0 heterocycles. The Bertz CT molecular complexity index is 290. The maximum absolute atomic E-state index is 10.1. The highest BCUT2D eigenvalue weighted by Crippen LogP contribution is 1.94. The van der Waals surface area contributed by atoms with Gasteiger partial charge in [0.05, 0.1) is 18.9 Å². The number of aliphatic hydroxyl groups is 1. The van der Waals surface area contributed by atoms with Gasteiger partial charge in [-0.3, -0.25) is 9.59 Å². The zero-order chi connectivity index (χ0) is 14.0. The monoisotopic (exact) mass is 248 g/mol. The molecule has 0 amide bonds. The van der Waals surface area contributed by atoms with E-state index in [2.05, 4.69) is 0 Å². The van der Waals surface area contributed by atoms with E-state index in [4.69, 9.17) is 20.4 Å². The molecule has 0 saturated carbocycles. The number of hydrogen-bond donors (Lipinski definition) is 4. The highest BCUT2D eigenvalue weighted by molar-refractivity contribution is 5.85. The first kappa shape index (κ1) is 17.5. The van der Waals surface area contributed by atoms with Gasteiger partial charge in [0.2, 0.25) is 0 Å². The molecule has 17 heavy (non-hydrogen) atoms. The Morgan fingerprint density at radius 3 is 1.53 bits per heavy atom. The maximum Gasteiger partial charge on any atom is 0.331 e. The van der Waals surface area contributed by atoms with Crippen molar-refractivity contribution in [2.45, 2.75) is 32.8 Å². The van der Waals surface area contributed by atoms with Crippen LogP contribution in [0.4, 0.5) is 0 Å². The Hall–Kier alpha value is -1.89. The third-order valence-corrected chi connectivity index (χ3v) is 1.38. The molecule has 1 unspecified atom stereocenters. The van der Waals surface area contributed by atoms with Crippen LogP contribution in [0.2, 0.25) is 0 Å². The van der Waals surface area contributed by atoms with Crippen molar-refractivity contribution in [3.8, 4) is 0 Å². The van der Waals surface area contributed by atoms with E-state index < -0.39 is 24.0 Å². The number of aliphatic hydroxyl groups excluding tert-OH is 1. The van der Waals surface area contributed by atoms with E-state index in [0.717, 1.165) is 0 Å². The average molecular weight is 248 g/mol. The molecule has 0 fully saturated rings. The fourth-order valence-electron chi connectivity index (χ4n) is 0.647. The summed E-state index contributed by atoms with van der Waals surface area (Å²) in [6, 6.07) is 0. The Morgan fingerprint density at radius 2 is 1.41 bits per heavy atom. The van der Waals surface area contributed by atoms with Gasteiger partial charge >= 0.3 is 17.9 Å². The van der Waals surface area contributed by atoms with E-state index in [9.17, 15) is 14.4 Å². The molecule has 0 aliphatic carbocycles. The predicted molar refractivity (Wildman–Crippen MR) is 57.6 cm³/mol. The summed E-state index contributed by atoms with van der Waals surface area (Å²) in [5.41, 5.74) is 0.171. The van der Waals surface area contributed by atoms with Gasteiger partial charge in [0.25, 0.3) is 0 Å². The van der Waals surface area contributed by atoms with Crippen LogP contribution in [0.3, 0.4) is 0 Å². The van der Waals surface area contributed by atoms with Crippen LogP contribution in [-0.2, 0) is 14.4 Å². The second-order valence-corrected chi connectivity index (χ2v) is 3.18. The van der Waals surface area contributed by atoms with Gasteiger partial charge in [-0.05, 0) is 19.9 Å². The summed E-state index contributed by atoms with van der Waals surface area (Å²) >= 11 is 0. The second kappa shape index (κ2) is 9.34. The van der Waals surface area contributed by atoms with Crippen LogP contribution in [0, 0.1) is 0 Å². The lowest BCUT2D eigenvalue weighted by molar-refractivity contribution is -0.143. The summed E-state index contributed by atoms with van der Waals surface area (Å²) in [7, 11) is 0. The quantitative estimate of drug-likeness (QED) is 0.515. The molecular weight excluding hydrogens is 232 g/mol. The summed E-state index contributed by atoms with van der Waals surface area (Å²) in [5.74, 6) is -3.14. The van der Waals surface area contributed by atoms with Crippen molar-refractivity contribution in [3.05, 3.63) is 11.6 Å². The van der Waals surface area contributed by atoms with E-state index >= 15 is 0 Å². The van der Waals surface area contributed by atoms with E-state index in [1.54, 1.807) is 0 Å². The molecule has 0 aromatic rings. The van der Waals surface area contributed by atoms with Crippen molar-refractivity contribution in [2.75, 3.05) is 0 Å². The van der Waals surface area contributed by atoms with E-state index in [0.29, 0.717) is 0 Å². The lowest BCUT2D eigenvalue weighted by Crippen LogP contribution is -2.01. The van der Waals surface area contributed by atoms with Gasteiger partial charge in [0.1, 0.15) is 0 Å². The van der Waals surface area contributed by atoms with Crippen molar-refractivity contribution < 1.29 is 34.8 Å². The standard InChI is InChI=1S/C6H10O3.C4H6O4/c1-4(6(8)9)3-5(2)7;5-3(6)1-2-4(7)8/h3,5,7H,1-2H3,(H,8,9);1-2H2,(H,5,6)(H,7,8). The van der Waals surface area contributed by atoms with Crippen molar-refractivity contribution in [3.63, 3.8) is 0 Å². The van der Waals surface area contributed by atoms with Gasteiger partial charge in [-0.1, -0.05) is 0 Å². The molecular formula is C10H16O7. The van der Waals surface area contributed by atoms with Gasteiger partial charge in [0.15, 0.2) is 0 Å². The number of hydrogen-bond acceptors (Lipinski definition) is 4. The summed E-state index contributed by atoms with van der Waals surface area (Å²) in [5, 5.41) is 32.7. The molecule has 0 aromatic carbocycles. The minimum atomic E-state index is -1.08. The number of rotatable bonds is 5. The van der Waals surface area contributed by atoms with Gasteiger partial charge in [-0.2, -0.15) is 0 Å². The van der Waals surface area contributed by atoms with Crippen LogP contribution in [-0.4, -0.2) is 44.4 Å². The molecule has 0 aliphatic rings. The first-order valence-corrected chi connectivity index (χ1v) is 4.70. The van der Waals surface area contributed by atoms with Crippen molar-refractivity contribution >= 4 is 17.9 Å². The Kier molecular flexibility index (Phi) is 9.62. The lowest BCUT2D eigenvalue weighted by Gasteiger charge is -1.95. The topological polar surface area (TPSA) is 132 Å². The van der Waals surface area contributed by atoms with Gasteiger partial charge in [-0.15, -0.1) is 0 Å². The average Bonchev–Trinajstić information content (AvgIpc) is 2.14. The molecule has 1 atom stereocenters. The Morgan fingerprint density at radius 1 is 1.06 bits per heavy atom. The number of carboxylic acids is 3. The summed E-state index contributed by atoms with van der Waals surface area (Å²) in [4.78, 5) is 29.3. The van der Waals surface area contributed by atoms with Crippen molar-refractivity contribution in [1.82, 2.24) is 0 Å². The largest absolute Gasteiger partial charge is 0.481 e. The maximum atomic E-state index is 10.1. The van der Waals surface area contributed by atoms with Crippen LogP contribution < -0.4 is 0 Å². The first-order chi connectivity index (χ1) is 7.66. The fraction of sp³-hybridized carbons (Fsp3) is 0.500. The van der Waals surface area contributed by atoms with E-state index in [1.807, 2.05) is 0 Å². The van der Waals surface area contributed by atoms with E-state index in [1.165, 1.54) is 19.9 Å². The lowest BCUT2D eigenvalue weighted by atomic mass is 10.2. The molecule has 7 heteroatoms. The molecule has 0 aromatic heterocycles. The molecule has 4 N–H and O–H groups in total. The first-order valence-electron chi connectivity index (χ1n) is 4.70. The number of aliphatic carboxylic acids is 3. The highest BCUT2D eigenvalue weighted by Gasteiger charge is 2.00. The molecule has 0 saturated heterocycles. The van der Waals surface area contributed by atoms with Crippen LogP contribution >= 0.6 is 0 Å². The zero-order valence-corrected chi connectivity index (χ0v) is 9.58.